The highest BCUT2D eigenvalue weighted by molar-refractivity contribution is 5.43. The van der Waals surface area contributed by atoms with Gasteiger partial charge in [0.15, 0.2) is 0 Å². The van der Waals surface area contributed by atoms with Gasteiger partial charge in [-0.15, -0.1) is 0 Å². The van der Waals surface area contributed by atoms with Crippen molar-refractivity contribution in [2.75, 3.05) is 0 Å². The van der Waals surface area contributed by atoms with Crippen LogP contribution in [0.3, 0.4) is 0 Å². The highest BCUT2D eigenvalue weighted by Gasteiger charge is 2.03. The van der Waals surface area contributed by atoms with Crippen LogP contribution >= 0.6 is 0 Å². The summed E-state index contributed by atoms with van der Waals surface area (Å²) in [4.78, 5) is 4.59. The predicted octanol–water partition coefficient (Wildman–Crippen LogP) is 2.73. The zero-order valence-electron chi connectivity index (χ0n) is 10.9. The zero-order valence-corrected chi connectivity index (χ0v) is 10.9. The number of aromatic nitrogens is 2. The van der Waals surface area contributed by atoms with Crippen molar-refractivity contribution in [1.29, 1.82) is 0 Å². The number of aliphatic hydroxyl groups is 1. The molecule has 0 spiro atoms. The molecule has 0 saturated carbocycles. The van der Waals surface area contributed by atoms with Crippen LogP contribution in [0.4, 0.5) is 0 Å². The normalized spacial score (nSPS) is 11.1. The first-order valence-corrected chi connectivity index (χ1v) is 6.37. The molecule has 0 unspecified atom stereocenters. The molecular formula is C16H16N2O. The number of rotatable bonds is 3. The smallest absolute Gasteiger partial charge is 0.137 e. The maximum Gasteiger partial charge on any atom is 0.137 e. The zero-order chi connectivity index (χ0) is 13.2. The number of pyridine rings is 1. The van der Waals surface area contributed by atoms with Gasteiger partial charge in [-0.05, 0) is 30.2 Å². The van der Waals surface area contributed by atoms with Crippen molar-refractivity contribution in [3.63, 3.8) is 0 Å². The van der Waals surface area contributed by atoms with Crippen LogP contribution in [0.25, 0.3) is 5.65 Å². The van der Waals surface area contributed by atoms with Gasteiger partial charge in [0.05, 0.1) is 12.3 Å². The number of benzene rings is 1. The summed E-state index contributed by atoms with van der Waals surface area (Å²) in [6, 6.07) is 12.3. The average molecular weight is 252 g/mol. The Hall–Kier alpha value is -2.13. The largest absolute Gasteiger partial charge is 0.392 e. The van der Waals surface area contributed by atoms with E-state index in [1.54, 1.807) is 0 Å². The molecule has 1 aromatic carbocycles. The Labute approximate surface area is 112 Å². The summed E-state index contributed by atoms with van der Waals surface area (Å²) in [6.45, 7) is 2.14. The summed E-state index contributed by atoms with van der Waals surface area (Å²) in [7, 11) is 0. The Balaban J connectivity index is 1.90. The summed E-state index contributed by atoms with van der Waals surface area (Å²) < 4.78 is 1.99. The molecule has 0 bridgehead atoms. The molecule has 3 nitrogen and oxygen atoms in total. The van der Waals surface area contributed by atoms with E-state index in [4.69, 9.17) is 5.11 Å². The van der Waals surface area contributed by atoms with E-state index in [9.17, 15) is 0 Å². The number of hydrogen-bond acceptors (Lipinski definition) is 2. The minimum atomic E-state index is 0.0522. The lowest BCUT2D eigenvalue weighted by Crippen LogP contribution is -1.88. The van der Waals surface area contributed by atoms with Gasteiger partial charge in [0.1, 0.15) is 5.65 Å². The predicted molar refractivity (Wildman–Crippen MR) is 75.1 cm³/mol. The molecule has 2 heterocycles. The number of nitrogens with zero attached hydrogens (tertiary/aromatic N) is 2. The second-order valence-electron chi connectivity index (χ2n) is 4.85. The second kappa shape index (κ2) is 4.86. The van der Waals surface area contributed by atoms with Crippen LogP contribution in [0, 0.1) is 6.92 Å². The molecule has 0 aliphatic carbocycles. The van der Waals surface area contributed by atoms with Crippen molar-refractivity contribution in [2.45, 2.75) is 20.0 Å². The van der Waals surface area contributed by atoms with Gasteiger partial charge in [-0.1, -0.05) is 29.8 Å². The fourth-order valence-electron chi connectivity index (χ4n) is 2.18. The van der Waals surface area contributed by atoms with Crippen molar-refractivity contribution in [3.05, 3.63) is 71.2 Å². The minimum Gasteiger partial charge on any atom is -0.392 e. The van der Waals surface area contributed by atoms with Gasteiger partial charge < -0.3 is 9.51 Å². The number of hydrogen-bond donors (Lipinski definition) is 1. The van der Waals surface area contributed by atoms with E-state index in [1.165, 1.54) is 11.1 Å². The average Bonchev–Trinajstić information content (AvgIpc) is 2.82. The number of imidazole rings is 1. The Morgan fingerprint density at radius 3 is 2.63 bits per heavy atom. The van der Waals surface area contributed by atoms with Crippen LogP contribution in [0.15, 0.2) is 48.8 Å². The molecule has 2 aromatic heterocycles. The van der Waals surface area contributed by atoms with E-state index in [2.05, 4.69) is 36.2 Å². The van der Waals surface area contributed by atoms with Gasteiger partial charge in [0.2, 0.25) is 0 Å². The molecule has 0 saturated heterocycles. The molecule has 0 amide bonds. The first kappa shape index (κ1) is 11.9. The molecule has 0 fully saturated rings. The van der Waals surface area contributed by atoms with E-state index in [-0.39, 0.29) is 6.61 Å². The van der Waals surface area contributed by atoms with E-state index in [1.807, 2.05) is 28.9 Å². The molecule has 3 heteroatoms. The van der Waals surface area contributed by atoms with Crippen molar-refractivity contribution in [1.82, 2.24) is 9.38 Å². The van der Waals surface area contributed by atoms with Crippen molar-refractivity contribution in [3.8, 4) is 0 Å². The fraction of sp³-hybridized carbons (Fsp3) is 0.188. The lowest BCUT2D eigenvalue weighted by Gasteiger charge is -1.98. The van der Waals surface area contributed by atoms with Crippen molar-refractivity contribution >= 4 is 5.65 Å². The van der Waals surface area contributed by atoms with Gasteiger partial charge in [0, 0.05) is 18.8 Å². The van der Waals surface area contributed by atoms with Gasteiger partial charge in [-0.3, -0.25) is 0 Å². The standard InChI is InChI=1S/C16H16N2O/c1-12-2-4-13(5-3-12)8-15-10-18-7-6-14(11-19)9-16(18)17-15/h2-7,9-10,19H,8,11H2,1H3. The topological polar surface area (TPSA) is 37.5 Å². The number of aliphatic hydroxyl groups excluding tert-OH is 1. The van der Waals surface area contributed by atoms with Crippen molar-refractivity contribution < 1.29 is 5.11 Å². The van der Waals surface area contributed by atoms with Crippen molar-refractivity contribution in [2.24, 2.45) is 0 Å². The van der Waals surface area contributed by atoms with Crippen LogP contribution < -0.4 is 0 Å². The van der Waals surface area contributed by atoms with E-state index < -0.39 is 0 Å². The molecule has 0 aliphatic rings. The summed E-state index contributed by atoms with van der Waals surface area (Å²) in [5, 5.41) is 9.13. The quantitative estimate of drug-likeness (QED) is 0.778. The third-order valence-corrected chi connectivity index (χ3v) is 3.26. The second-order valence-corrected chi connectivity index (χ2v) is 4.85. The molecule has 3 rings (SSSR count). The van der Waals surface area contributed by atoms with Crippen LogP contribution in [0.5, 0.6) is 0 Å². The highest BCUT2D eigenvalue weighted by atomic mass is 16.3. The lowest BCUT2D eigenvalue weighted by atomic mass is 10.1. The number of fused-ring (bicyclic) bond motifs is 1. The molecule has 1 N–H and O–H groups in total. The molecule has 0 radical (unpaired) electrons. The van der Waals surface area contributed by atoms with E-state index >= 15 is 0 Å². The first-order chi connectivity index (χ1) is 9.24. The maximum absolute atomic E-state index is 9.13. The number of aryl methyl sites for hydroxylation is 1. The molecular weight excluding hydrogens is 236 g/mol. The molecule has 19 heavy (non-hydrogen) atoms. The summed E-state index contributed by atoms with van der Waals surface area (Å²) >= 11 is 0. The molecule has 3 aromatic rings. The van der Waals surface area contributed by atoms with Gasteiger partial charge in [-0.2, -0.15) is 0 Å². The highest BCUT2D eigenvalue weighted by Crippen LogP contribution is 2.13. The molecule has 0 aliphatic heterocycles. The van der Waals surface area contributed by atoms with Gasteiger partial charge >= 0.3 is 0 Å². The third-order valence-electron chi connectivity index (χ3n) is 3.26. The fourth-order valence-corrected chi connectivity index (χ4v) is 2.18. The maximum atomic E-state index is 9.13. The van der Waals surface area contributed by atoms with Gasteiger partial charge in [0.25, 0.3) is 0 Å². The molecule has 96 valence electrons. The van der Waals surface area contributed by atoms with Crippen LogP contribution in [0.2, 0.25) is 0 Å². The van der Waals surface area contributed by atoms with Crippen LogP contribution in [-0.2, 0) is 13.0 Å². The Morgan fingerprint density at radius 2 is 1.89 bits per heavy atom. The SMILES string of the molecule is Cc1ccc(Cc2cn3ccc(CO)cc3n2)cc1. The van der Waals surface area contributed by atoms with Crippen LogP contribution in [-0.4, -0.2) is 14.5 Å². The molecule has 0 atom stereocenters. The summed E-state index contributed by atoms with van der Waals surface area (Å²) in [5.41, 5.74) is 5.34. The summed E-state index contributed by atoms with van der Waals surface area (Å²) in [6.07, 6.45) is 4.80. The lowest BCUT2D eigenvalue weighted by molar-refractivity contribution is 0.282. The third kappa shape index (κ3) is 2.51. The van der Waals surface area contributed by atoms with Gasteiger partial charge in [-0.25, -0.2) is 4.98 Å². The van der Waals surface area contributed by atoms with Crippen LogP contribution in [0.1, 0.15) is 22.4 Å². The Morgan fingerprint density at radius 1 is 1.11 bits per heavy atom. The Bertz CT molecular complexity index is 698. The summed E-state index contributed by atoms with van der Waals surface area (Å²) in [5.74, 6) is 0. The van der Waals surface area contributed by atoms with E-state index in [0.717, 1.165) is 23.3 Å². The first-order valence-electron chi connectivity index (χ1n) is 6.37. The Kier molecular flexibility index (Phi) is 3.05. The monoisotopic (exact) mass is 252 g/mol. The van der Waals surface area contributed by atoms with E-state index in [0.29, 0.717) is 0 Å². The minimum absolute atomic E-state index is 0.0522.